The maximum atomic E-state index is 2.46. The number of allylic oxidation sites excluding steroid dienone is 2. The first-order valence-corrected chi connectivity index (χ1v) is 8.72. The molecule has 1 saturated heterocycles. The second kappa shape index (κ2) is 5.95. The van der Waals surface area contributed by atoms with Crippen LogP contribution in [0.1, 0.15) is 66.0 Å². The molecular formula is C21H30N2Ni. The molecule has 2 nitrogen and oxygen atoms in total. The molecule has 1 aromatic carbocycles. The average molecular weight is 369 g/mol. The van der Waals surface area contributed by atoms with Crippen molar-refractivity contribution in [2.45, 2.75) is 71.4 Å². The Labute approximate surface area is 157 Å². The van der Waals surface area contributed by atoms with Crippen molar-refractivity contribution in [3.05, 3.63) is 53.8 Å². The Morgan fingerprint density at radius 3 is 2.12 bits per heavy atom. The van der Waals surface area contributed by atoms with Gasteiger partial charge in [0.05, 0.1) is 5.69 Å². The van der Waals surface area contributed by atoms with Crippen LogP contribution in [0.15, 0.2) is 42.6 Å². The van der Waals surface area contributed by atoms with Crippen LogP contribution >= 0.6 is 0 Å². The van der Waals surface area contributed by atoms with E-state index < -0.39 is 0 Å². The first kappa shape index (κ1) is 19.1. The molecule has 0 aliphatic carbocycles. The normalized spacial score (nSPS) is 22.3. The fraction of sp³-hybridized carbons (Fsp3) is 0.524. The number of fused-ring (bicyclic) bond motifs is 1. The number of hydrazine groups is 1. The molecule has 0 amide bonds. The summed E-state index contributed by atoms with van der Waals surface area (Å²) in [7, 11) is 0. The Morgan fingerprint density at radius 2 is 1.62 bits per heavy atom. The van der Waals surface area contributed by atoms with E-state index in [1.54, 1.807) is 0 Å². The van der Waals surface area contributed by atoms with Crippen molar-refractivity contribution in [1.82, 2.24) is 5.01 Å². The Kier molecular flexibility index (Phi) is 4.74. The molecule has 0 radical (unpaired) electrons. The summed E-state index contributed by atoms with van der Waals surface area (Å²) in [6, 6.07) is 7.03. The molecule has 3 heteroatoms. The minimum Gasteiger partial charge on any atom is -0.259 e. The van der Waals surface area contributed by atoms with Crippen molar-refractivity contribution in [2.75, 3.05) is 5.01 Å². The fourth-order valence-electron chi connectivity index (χ4n) is 3.53. The number of benzene rings is 1. The van der Waals surface area contributed by atoms with Crippen LogP contribution in [0.25, 0.3) is 0 Å². The summed E-state index contributed by atoms with van der Waals surface area (Å²) < 4.78 is 0. The smallest absolute Gasteiger partial charge is 0.169 e. The number of anilines is 1. The number of rotatable bonds is 2. The van der Waals surface area contributed by atoms with Crippen molar-refractivity contribution in [3.63, 3.8) is 0 Å². The van der Waals surface area contributed by atoms with Crippen LogP contribution in [0.4, 0.5) is 5.69 Å². The molecule has 1 atom stereocenters. The molecule has 0 spiro atoms. The van der Waals surface area contributed by atoms with E-state index in [9.17, 15) is 0 Å². The maximum Gasteiger partial charge on any atom is 0.169 e. The summed E-state index contributed by atoms with van der Waals surface area (Å²) in [5.74, 6) is 0. The van der Waals surface area contributed by atoms with E-state index in [1.165, 1.54) is 16.8 Å². The van der Waals surface area contributed by atoms with Crippen molar-refractivity contribution >= 4 is 5.69 Å². The second-order valence-corrected chi connectivity index (χ2v) is 8.82. The van der Waals surface area contributed by atoms with Gasteiger partial charge >= 0.3 is 0 Å². The molecule has 0 aromatic heterocycles. The average Bonchev–Trinajstić information content (AvgIpc) is 3.14. The second-order valence-electron chi connectivity index (χ2n) is 8.82. The molecule has 2 heterocycles. The van der Waals surface area contributed by atoms with Crippen LogP contribution < -0.4 is 5.01 Å². The Hall–Kier alpha value is -1.21. The van der Waals surface area contributed by atoms with E-state index in [4.69, 9.17) is 0 Å². The summed E-state index contributed by atoms with van der Waals surface area (Å²) in [6.45, 7) is 16.0. The minimum atomic E-state index is 0. The zero-order valence-electron chi connectivity index (χ0n) is 16.0. The van der Waals surface area contributed by atoms with Crippen LogP contribution in [-0.4, -0.2) is 10.7 Å². The number of hydrogen-bond acceptors (Lipinski definition) is 2. The van der Waals surface area contributed by atoms with Gasteiger partial charge in [-0.25, -0.2) is 0 Å². The van der Waals surface area contributed by atoms with Gasteiger partial charge in [-0.15, -0.1) is 0 Å². The zero-order chi connectivity index (χ0) is 17.0. The molecule has 0 bridgehead atoms. The molecule has 1 unspecified atom stereocenters. The molecule has 24 heavy (non-hydrogen) atoms. The van der Waals surface area contributed by atoms with Gasteiger partial charge in [-0.05, 0) is 46.6 Å². The van der Waals surface area contributed by atoms with Crippen molar-refractivity contribution in [2.24, 2.45) is 0 Å². The summed E-state index contributed by atoms with van der Waals surface area (Å²) in [5, 5.41) is 4.83. The molecular weight excluding hydrogens is 339 g/mol. The van der Waals surface area contributed by atoms with Crippen LogP contribution in [0.5, 0.6) is 0 Å². The van der Waals surface area contributed by atoms with E-state index in [0.29, 0.717) is 0 Å². The van der Waals surface area contributed by atoms with E-state index in [1.807, 2.05) is 0 Å². The van der Waals surface area contributed by atoms with E-state index in [2.05, 4.69) is 101 Å². The Bertz CT molecular complexity index is 676. The third-order valence-corrected chi connectivity index (χ3v) is 5.06. The van der Waals surface area contributed by atoms with Gasteiger partial charge in [0, 0.05) is 22.7 Å². The molecule has 3 rings (SSSR count). The summed E-state index contributed by atoms with van der Waals surface area (Å²) >= 11 is 0. The summed E-state index contributed by atoms with van der Waals surface area (Å²) in [6.07, 6.45) is 9.89. The molecule has 1 aromatic rings. The predicted molar refractivity (Wildman–Crippen MR) is 99.5 cm³/mol. The predicted octanol–water partition coefficient (Wildman–Crippen LogP) is 5.51. The van der Waals surface area contributed by atoms with Crippen molar-refractivity contribution in [1.29, 1.82) is 0 Å². The molecule has 2 aliphatic heterocycles. The van der Waals surface area contributed by atoms with Gasteiger partial charge in [-0.3, -0.25) is 10.0 Å². The van der Waals surface area contributed by atoms with Crippen LogP contribution in [-0.2, 0) is 27.3 Å². The van der Waals surface area contributed by atoms with Gasteiger partial charge in [-0.2, -0.15) is 0 Å². The molecule has 0 saturated carbocycles. The summed E-state index contributed by atoms with van der Waals surface area (Å²) in [5.41, 5.74) is 4.47. The monoisotopic (exact) mass is 368 g/mol. The van der Waals surface area contributed by atoms with Gasteiger partial charge in [0.2, 0.25) is 0 Å². The number of nitrogens with zero attached hydrogens (tertiary/aromatic N) is 2. The quantitative estimate of drug-likeness (QED) is 0.501. The van der Waals surface area contributed by atoms with Gasteiger partial charge < -0.3 is 0 Å². The zero-order valence-corrected chi connectivity index (χ0v) is 16.9. The third kappa shape index (κ3) is 2.92. The van der Waals surface area contributed by atoms with Crippen LogP contribution in [0.3, 0.4) is 0 Å². The van der Waals surface area contributed by atoms with Gasteiger partial charge in [0.25, 0.3) is 0 Å². The third-order valence-electron chi connectivity index (χ3n) is 5.06. The molecule has 0 N–H and O–H groups in total. The summed E-state index contributed by atoms with van der Waals surface area (Å²) in [4.78, 5) is 0. The van der Waals surface area contributed by atoms with Gasteiger partial charge in [0.15, 0.2) is 5.66 Å². The molecule has 134 valence electrons. The van der Waals surface area contributed by atoms with Gasteiger partial charge in [0.1, 0.15) is 0 Å². The number of hydrogen-bond donors (Lipinski definition) is 0. The first-order valence-electron chi connectivity index (χ1n) is 8.72. The van der Waals surface area contributed by atoms with Crippen LogP contribution in [0, 0.1) is 0 Å². The molecule has 1 fully saturated rings. The van der Waals surface area contributed by atoms with Crippen molar-refractivity contribution in [3.8, 4) is 0 Å². The Balaban J connectivity index is 0.00000208. The van der Waals surface area contributed by atoms with Crippen molar-refractivity contribution < 1.29 is 16.5 Å². The van der Waals surface area contributed by atoms with E-state index in [-0.39, 0.29) is 33.0 Å². The maximum absolute atomic E-state index is 2.46. The van der Waals surface area contributed by atoms with Crippen LogP contribution in [0.2, 0.25) is 0 Å². The minimum absolute atomic E-state index is 0. The fourth-order valence-corrected chi connectivity index (χ4v) is 3.53. The largest absolute Gasteiger partial charge is 0.259 e. The van der Waals surface area contributed by atoms with E-state index >= 15 is 0 Å². The Morgan fingerprint density at radius 1 is 0.958 bits per heavy atom. The molecule has 2 aliphatic rings. The van der Waals surface area contributed by atoms with Gasteiger partial charge in [-0.1, -0.05) is 66.7 Å². The first-order chi connectivity index (χ1) is 10.6. The SMILES string of the molecule is CCC12C=CC=CN1N2c1cc(C(C)(C)C)ccc1C(C)(C)C.[Ni]. The topological polar surface area (TPSA) is 6.02 Å². The van der Waals surface area contributed by atoms with E-state index in [0.717, 1.165) is 6.42 Å². The standard InChI is InChI=1S/C21H30N2.Ni/c1-8-21-13-9-10-14-22(21)23(21)18-15-16(19(2,3)4)11-12-17(18)20(5,6)7;/h9-15H,8H2,1-7H3;.